The average molecular weight is 257 g/mol. The summed E-state index contributed by atoms with van der Waals surface area (Å²) in [5.41, 5.74) is 2.35. The van der Waals surface area contributed by atoms with E-state index in [-0.39, 0.29) is 11.7 Å². The second-order valence-corrected chi connectivity index (χ2v) is 4.35. The van der Waals surface area contributed by atoms with Crippen LogP contribution in [0.5, 0.6) is 0 Å². The van der Waals surface area contributed by atoms with Crippen molar-refractivity contribution in [2.45, 2.75) is 13.8 Å². The van der Waals surface area contributed by atoms with Crippen LogP contribution >= 0.6 is 0 Å². The molecular formula is C14H15N3O2. The van der Waals surface area contributed by atoms with Crippen molar-refractivity contribution >= 4 is 17.4 Å². The van der Waals surface area contributed by atoms with Crippen molar-refractivity contribution in [2.75, 3.05) is 5.32 Å². The second kappa shape index (κ2) is 5.06. The van der Waals surface area contributed by atoms with Crippen LogP contribution in [0.2, 0.25) is 0 Å². The maximum absolute atomic E-state index is 12.1. The Balaban J connectivity index is 2.35. The number of carbonyl (C=O) groups excluding carboxylic acids is 2. The molecule has 98 valence electrons. The first-order valence-corrected chi connectivity index (χ1v) is 5.90. The van der Waals surface area contributed by atoms with E-state index in [1.807, 2.05) is 13.0 Å². The number of nitrogens with zero attached hydrogens (tertiary/aromatic N) is 2. The van der Waals surface area contributed by atoms with E-state index >= 15 is 0 Å². The molecule has 0 saturated carbocycles. The summed E-state index contributed by atoms with van der Waals surface area (Å²) in [6.45, 7) is 3.33. The molecule has 1 amide bonds. The van der Waals surface area contributed by atoms with Gasteiger partial charge in [-0.05, 0) is 31.5 Å². The van der Waals surface area contributed by atoms with Gasteiger partial charge in [-0.15, -0.1) is 0 Å². The van der Waals surface area contributed by atoms with E-state index in [1.165, 1.54) is 11.6 Å². The van der Waals surface area contributed by atoms with E-state index in [9.17, 15) is 9.59 Å². The van der Waals surface area contributed by atoms with Gasteiger partial charge in [0.25, 0.3) is 5.91 Å². The summed E-state index contributed by atoms with van der Waals surface area (Å²) in [6.07, 6.45) is 1.55. The number of nitrogens with one attached hydrogen (secondary N) is 1. The highest BCUT2D eigenvalue weighted by Gasteiger charge is 2.15. The van der Waals surface area contributed by atoms with Crippen LogP contribution in [0.1, 0.15) is 33.3 Å². The number of hydrogen-bond donors (Lipinski definition) is 1. The van der Waals surface area contributed by atoms with Crippen LogP contribution in [0.25, 0.3) is 0 Å². The topological polar surface area (TPSA) is 64.0 Å². The Labute approximate surface area is 111 Å². The molecule has 2 rings (SSSR count). The summed E-state index contributed by atoms with van der Waals surface area (Å²) >= 11 is 0. The Kier molecular flexibility index (Phi) is 3.46. The van der Waals surface area contributed by atoms with Crippen molar-refractivity contribution < 1.29 is 9.59 Å². The molecule has 0 atom stereocenters. The van der Waals surface area contributed by atoms with E-state index in [1.54, 1.807) is 31.4 Å². The molecule has 0 unspecified atom stereocenters. The third-order valence-corrected chi connectivity index (χ3v) is 2.93. The fourth-order valence-corrected chi connectivity index (χ4v) is 2.02. The molecule has 19 heavy (non-hydrogen) atoms. The second-order valence-electron chi connectivity index (χ2n) is 4.35. The van der Waals surface area contributed by atoms with Gasteiger partial charge in [0.2, 0.25) is 0 Å². The first kappa shape index (κ1) is 13.0. The van der Waals surface area contributed by atoms with Gasteiger partial charge in [-0.3, -0.25) is 14.3 Å². The Morgan fingerprint density at radius 1 is 1.26 bits per heavy atom. The van der Waals surface area contributed by atoms with Gasteiger partial charge in [0.15, 0.2) is 5.78 Å². The van der Waals surface area contributed by atoms with Crippen LogP contribution < -0.4 is 5.32 Å². The molecule has 1 heterocycles. The number of rotatable bonds is 3. The monoisotopic (exact) mass is 257 g/mol. The minimum atomic E-state index is -0.284. The minimum absolute atomic E-state index is 0.0709. The largest absolute Gasteiger partial charge is 0.320 e. The summed E-state index contributed by atoms with van der Waals surface area (Å²) < 4.78 is 1.48. The third kappa shape index (κ3) is 2.54. The fourth-order valence-electron chi connectivity index (χ4n) is 2.02. The summed E-state index contributed by atoms with van der Waals surface area (Å²) in [7, 11) is 1.69. The molecule has 0 bridgehead atoms. The van der Waals surface area contributed by atoms with Crippen LogP contribution in [0.15, 0.2) is 30.5 Å². The molecule has 0 spiro atoms. The highest BCUT2D eigenvalue weighted by molar-refractivity contribution is 6.08. The van der Waals surface area contributed by atoms with E-state index in [4.69, 9.17) is 0 Å². The lowest BCUT2D eigenvalue weighted by Crippen LogP contribution is -2.18. The Morgan fingerprint density at radius 2 is 2.00 bits per heavy atom. The van der Waals surface area contributed by atoms with E-state index in [0.29, 0.717) is 16.9 Å². The molecule has 1 aromatic carbocycles. The van der Waals surface area contributed by atoms with Crippen LogP contribution in [0.3, 0.4) is 0 Å². The predicted octanol–water partition coefficient (Wildman–Crippen LogP) is 2.18. The SMILES string of the molecule is CC(=O)c1c(C)cccc1NC(=O)c1ccnn1C. The Hall–Kier alpha value is -2.43. The summed E-state index contributed by atoms with van der Waals surface area (Å²) in [4.78, 5) is 23.8. The van der Waals surface area contributed by atoms with E-state index < -0.39 is 0 Å². The zero-order valence-electron chi connectivity index (χ0n) is 11.1. The lowest BCUT2D eigenvalue weighted by molar-refractivity contribution is 0.101. The molecule has 0 saturated heterocycles. The first-order valence-electron chi connectivity index (χ1n) is 5.90. The maximum atomic E-state index is 12.1. The molecule has 0 radical (unpaired) electrons. The lowest BCUT2D eigenvalue weighted by atomic mass is 10.0. The molecule has 2 aromatic rings. The van der Waals surface area contributed by atoms with Crippen LogP contribution in [-0.2, 0) is 7.05 Å². The zero-order chi connectivity index (χ0) is 14.0. The first-order chi connectivity index (χ1) is 9.00. The molecule has 0 aliphatic heterocycles. The highest BCUT2D eigenvalue weighted by Crippen LogP contribution is 2.20. The van der Waals surface area contributed by atoms with Crippen molar-refractivity contribution in [2.24, 2.45) is 7.05 Å². The van der Waals surface area contributed by atoms with Gasteiger partial charge in [0.1, 0.15) is 5.69 Å². The number of hydrogen-bond acceptors (Lipinski definition) is 3. The average Bonchev–Trinajstić information content (AvgIpc) is 2.75. The molecule has 0 aliphatic carbocycles. The highest BCUT2D eigenvalue weighted by atomic mass is 16.2. The standard InChI is InChI=1S/C14H15N3O2/c1-9-5-4-6-11(13(9)10(2)18)16-14(19)12-7-8-15-17(12)3/h4-8H,1-3H3,(H,16,19). The smallest absolute Gasteiger partial charge is 0.273 e. The van der Waals surface area contributed by atoms with Gasteiger partial charge in [0.05, 0.1) is 5.69 Å². The predicted molar refractivity (Wildman–Crippen MR) is 72.3 cm³/mol. The quantitative estimate of drug-likeness (QED) is 0.857. The van der Waals surface area contributed by atoms with Gasteiger partial charge < -0.3 is 5.32 Å². The summed E-state index contributed by atoms with van der Waals surface area (Å²) in [6, 6.07) is 6.99. The third-order valence-electron chi connectivity index (χ3n) is 2.93. The van der Waals surface area contributed by atoms with Gasteiger partial charge in [-0.1, -0.05) is 12.1 Å². The molecule has 0 fully saturated rings. The molecule has 0 aliphatic rings. The van der Waals surface area contributed by atoms with E-state index in [0.717, 1.165) is 5.56 Å². The molecule has 1 aromatic heterocycles. The minimum Gasteiger partial charge on any atom is -0.320 e. The fraction of sp³-hybridized carbons (Fsp3) is 0.214. The number of aryl methyl sites for hydroxylation is 2. The van der Waals surface area contributed by atoms with Gasteiger partial charge >= 0.3 is 0 Å². The number of Topliss-reactive ketones (excluding diaryl/α,β-unsaturated/α-hetero) is 1. The van der Waals surface area contributed by atoms with Crippen molar-refractivity contribution in [1.82, 2.24) is 9.78 Å². The maximum Gasteiger partial charge on any atom is 0.273 e. The number of aromatic nitrogens is 2. The number of anilines is 1. The van der Waals surface area contributed by atoms with Crippen molar-refractivity contribution in [1.29, 1.82) is 0 Å². The van der Waals surface area contributed by atoms with Crippen molar-refractivity contribution in [3.05, 3.63) is 47.3 Å². The zero-order valence-corrected chi connectivity index (χ0v) is 11.1. The van der Waals surface area contributed by atoms with Gasteiger partial charge in [-0.2, -0.15) is 5.10 Å². The van der Waals surface area contributed by atoms with Crippen LogP contribution in [-0.4, -0.2) is 21.5 Å². The summed E-state index contributed by atoms with van der Waals surface area (Å²) in [5, 5.41) is 6.70. The number of carbonyl (C=O) groups is 2. The molecule has 5 nitrogen and oxygen atoms in total. The summed E-state index contributed by atoms with van der Waals surface area (Å²) in [5.74, 6) is -0.355. The normalized spacial score (nSPS) is 10.3. The van der Waals surface area contributed by atoms with Gasteiger partial charge in [0, 0.05) is 18.8 Å². The van der Waals surface area contributed by atoms with Crippen molar-refractivity contribution in [3.63, 3.8) is 0 Å². The van der Waals surface area contributed by atoms with Crippen LogP contribution in [0, 0.1) is 6.92 Å². The molecule has 5 heteroatoms. The lowest BCUT2D eigenvalue weighted by Gasteiger charge is -2.11. The van der Waals surface area contributed by atoms with Crippen LogP contribution in [0.4, 0.5) is 5.69 Å². The van der Waals surface area contributed by atoms with Crippen molar-refractivity contribution in [3.8, 4) is 0 Å². The molecular weight excluding hydrogens is 242 g/mol. The number of ketones is 1. The Bertz CT molecular complexity index is 644. The number of benzene rings is 1. The number of amides is 1. The van der Waals surface area contributed by atoms with E-state index in [2.05, 4.69) is 10.4 Å². The Morgan fingerprint density at radius 3 is 2.58 bits per heavy atom. The van der Waals surface area contributed by atoms with Gasteiger partial charge in [-0.25, -0.2) is 0 Å². The molecule has 1 N–H and O–H groups in total.